The Hall–Kier alpha value is -2.03. The number of esters is 2. The van der Waals surface area contributed by atoms with Gasteiger partial charge in [0.15, 0.2) is 6.10 Å². The second-order valence-corrected chi connectivity index (χ2v) is 16.3. The second-order valence-electron chi connectivity index (χ2n) is 14.9. The standard InChI is InChI=1S/C46H84NO8P/c1-3-5-7-9-11-13-15-17-18-19-20-21-22-23-24-25-27-28-30-32-34-36-38-45(48)52-42-44(43-54-56(50,51)53-41-40-47)55-46(49)39-37-35-33-31-29-26-16-14-12-10-8-6-4-2/h6,8,12,14,26,29,33,35,44H,3-5,7,9-11,13,15-25,27-28,30-32,34,36-43,47H2,1-2H3,(H,50,51)/b8-6-,14-12-,29-26-,35-33-. The van der Waals surface area contributed by atoms with Gasteiger partial charge in [0.1, 0.15) is 6.61 Å². The highest BCUT2D eigenvalue weighted by Gasteiger charge is 2.25. The minimum absolute atomic E-state index is 0.0425. The van der Waals surface area contributed by atoms with Crippen molar-refractivity contribution in [2.45, 2.75) is 206 Å². The lowest BCUT2D eigenvalue weighted by molar-refractivity contribution is -0.161. The molecule has 2 atom stereocenters. The van der Waals surface area contributed by atoms with Gasteiger partial charge in [-0.2, -0.15) is 0 Å². The van der Waals surface area contributed by atoms with Gasteiger partial charge in [0.2, 0.25) is 0 Å². The van der Waals surface area contributed by atoms with Crippen LogP contribution in [0.5, 0.6) is 0 Å². The summed E-state index contributed by atoms with van der Waals surface area (Å²) in [6, 6.07) is 0. The van der Waals surface area contributed by atoms with E-state index in [-0.39, 0.29) is 32.6 Å². The van der Waals surface area contributed by atoms with Gasteiger partial charge in [0.25, 0.3) is 0 Å². The van der Waals surface area contributed by atoms with E-state index in [2.05, 4.69) is 50.3 Å². The molecule has 0 saturated heterocycles. The lowest BCUT2D eigenvalue weighted by Crippen LogP contribution is -2.29. The van der Waals surface area contributed by atoms with Crippen molar-refractivity contribution in [3.8, 4) is 0 Å². The van der Waals surface area contributed by atoms with Crippen molar-refractivity contribution in [3.05, 3.63) is 48.6 Å². The smallest absolute Gasteiger partial charge is 0.462 e. The molecule has 0 aliphatic heterocycles. The van der Waals surface area contributed by atoms with E-state index < -0.39 is 32.5 Å². The quantitative estimate of drug-likeness (QED) is 0.0267. The minimum Gasteiger partial charge on any atom is -0.462 e. The number of rotatable bonds is 42. The van der Waals surface area contributed by atoms with E-state index in [1.807, 2.05) is 12.2 Å². The highest BCUT2D eigenvalue weighted by atomic mass is 31.2. The van der Waals surface area contributed by atoms with Crippen LogP contribution >= 0.6 is 7.82 Å². The minimum atomic E-state index is -4.39. The van der Waals surface area contributed by atoms with Crippen LogP contribution in [0.15, 0.2) is 48.6 Å². The van der Waals surface area contributed by atoms with Gasteiger partial charge in [-0.15, -0.1) is 0 Å². The van der Waals surface area contributed by atoms with Crippen LogP contribution in [0.4, 0.5) is 0 Å². The summed E-state index contributed by atoms with van der Waals surface area (Å²) >= 11 is 0. The Morgan fingerprint density at radius 1 is 0.554 bits per heavy atom. The number of nitrogens with two attached hydrogens (primary N) is 1. The zero-order chi connectivity index (χ0) is 41.1. The molecule has 0 fully saturated rings. The predicted molar refractivity (Wildman–Crippen MR) is 233 cm³/mol. The van der Waals surface area contributed by atoms with Gasteiger partial charge in [-0.05, 0) is 38.5 Å². The predicted octanol–water partition coefficient (Wildman–Crippen LogP) is 13.1. The van der Waals surface area contributed by atoms with E-state index in [0.717, 1.165) is 44.9 Å². The van der Waals surface area contributed by atoms with Gasteiger partial charge in [0, 0.05) is 19.4 Å². The summed E-state index contributed by atoms with van der Waals surface area (Å²) in [6.07, 6.45) is 48.9. The number of ether oxygens (including phenoxy) is 2. The molecule has 0 aromatic rings. The zero-order valence-electron chi connectivity index (χ0n) is 35.9. The summed E-state index contributed by atoms with van der Waals surface area (Å²) in [5, 5.41) is 0. The maximum absolute atomic E-state index is 12.5. The van der Waals surface area contributed by atoms with E-state index >= 15 is 0 Å². The maximum atomic E-state index is 12.5. The molecule has 0 heterocycles. The van der Waals surface area contributed by atoms with Crippen LogP contribution in [0.1, 0.15) is 200 Å². The van der Waals surface area contributed by atoms with E-state index in [0.29, 0.717) is 6.42 Å². The third-order valence-corrected chi connectivity index (χ3v) is 10.5. The van der Waals surface area contributed by atoms with Crippen LogP contribution in [0.25, 0.3) is 0 Å². The molecule has 3 N–H and O–H groups in total. The third-order valence-electron chi connectivity index (χ3n) is 9.49. The molecular formula is C46H84NO8P. The molecule has 0 saturated carbocycles. The first-order valence-corrected chi connectivity index (χ1v) is 24.1. The number of carbonyl (C=O) groups excluding carboxylic acids is 2. The molecular weight excluding hydrogens is 725 g/mol. The Morgan fingerprint density at radius 3 is 1.43 bits per heavy atom. The average molecular weight is 810 g/mol. The number of allylic oxidation sites excluding steroid dienone is 8. The molecule has 0 radical (unpaired) electrons. The maximum Gasteiger partial charge on any atom is 0.472 e. The Bertz CT molecular complexity index is 1060. The van der Waals surface area contributed by atoms with Gasteiger partial charge in [-0.3, -0.25) is 18.6 Å². The molecule has 0 aromatic carbocycles. The Kier molecular flexibility index (Phi) is 41.0. The SMILES string of the molecule is CC/C=C\C/C=C\C/C=C\C/C=C\CCC(=O)OC(COC(=O)CCCCCCCCCCCCCCCCCCCCCCCC)COP(=O)(O)OCCN. The lowest BCUT2D eigenvalue weighted by atomic mass is 10.0. The van der Waals surface area contributed by atoms with Crippen LogP contribution < -0.4 is 5.73 Å². The number of phosphoric ester groups is 1. The van der Waals surface area contributed by atoms with E-state index in [1.165, 1.54) is 122 Å². The van der Waals surface area contributed by atoms with Gasteiger partial charge in [-0.1, -0.05) is 197 Å². The van der Waals surface area contributed by atoms with Crippen LogP contribution in [0.3, 0.4) is 0 Å². The molecule has 0 spiro atoms. The van der Waals surface area contributed by atoms with E-state index in [1.54, 1.807) is 0 Å². The topological polar surface area (TPSA) is 134 Å². The fourth-order valence-corrected chi connectivity index (χ4v) is 6.94. The highest BCUT2D eigenvalue weighted by Crippen LogP contribution is 2.43. The fourth-order valence-electron chi connectivity index (χ4n) is 6.18. The first kappa shape index (κ1) is 54.0. The molecule has 56 heavy (non-hydrogen) atoms. The van der Waals surface area contributed by atoms with Crippen LogP contribution in [0.2, 0.25) is 0 Å². The summed E-state index contributed by atoms with van der Waals surface area (Å²) in [6.45, 7) is 3.55. The molecule has 0 aliphatic carbocycles. The zero-order valence-corrected chi connectivity index (χ0v) is 36.8. The van der Waals surface area contributed by atoms with Gasteiger partial charge in [0.05, 0.1) is 13.2 Å². The van der Waals surface area contributed by atoms with Crippen molar-refractivity contribution in [3.63, 3.8) is 0 Å². The Morgan fingerprint density at radius 2 is 0.982 bits per heavy atom. The summed E-state index contributed by atoms with van der Waals surface area (Å²) in [5.41, 5.74) is 5.34. The number of carbonyl (C=O) groups is 2. The molecule has 9 nitrogen and oxygen atoms in total. The number of phosphoric acid groups is 1. The molecule has 0 aromatic heterocycles. The molecule has 0 rings (SSSR count). The van der Waals surface area contributed by atoms with Crippen molar-refractivity contribution in [1.29, 1.82) is 0 Å². The Labute approximate surface area is 343 Å². The summed E-state index contributed by atoms with van der Waals surface area (Å²) < 4.78 is 32.7. The summed E-state index contributed by atoms with van der Waals surface area (Å²) in [5.74, 6) is -0.919. The number of unbranched alkanes of at least 4 members (excludes halogenated alkanes) is 21. The molecule has 0 amide bonds. The summed E-state index contributed by atoms with van der Waals surface area (Å²) in [4.78, 5) is 34.8. The first-order chi connectivity index (χ1) is 27.3. The van der Waals surface area contributed by atoms with Crippen molar-refractivity contribution in [1.82, 2.24) is 0 Å². The molecule has 0 aliphatic rings. The highest BCUT2D eigenvalue weighted by molar-refractivity contribution is 7.47. The van der Waals surface area contributed by atoms with E-state index in [9.17, 15) is 19.0 Å². The van der Waals surface area contributed by atoms with Crippen molar-refractivity contribution in [2.75, 3.05) is 26.4 Å². The largest absolute Gasteiger partial charge is 0.472 e. The van der Waals surface area contributed by atoms with Crippen molar-refractivity contribution >= 4 is 19.8 Å². The van der Waals surface area contributed by atoms with Gasteiger partial charge in [-0.25, -0.2) is 4.57 Å². The molecule has 326 valence electrons. The normalized spacial score (nSPS) is 13.7. The number of hydrogen-bond donors (Lipinski definition) is 2. The second kappa shape index (κ2) is 42.6. The van der Waals surface area contributed by atoms with Crippen LogP contribution in [-0.2, 0) is 32.7 Å². The van der Waals surface area contributed by atoms with Crippen LogP contribution in [0, 0.1) is 0 Å². The van der Waals surface area contributed by atoms with E-state index in [4.69, 9.17) is 24.3 Å². The van der Waals surface area contributed by atoms with Crippen LogP contribution in [-0.4, -0.2) is 49.3 Å². The monoisotopic (exact) mass is 810 g/mol. The lowest BCUT2D eigenvalue weighted by Gasteiger charge is -2.19. The Balaban J connectivity index is 4.09. The fraction of sp³-hybridized carbons (Fsp3) is 0.783. The summed E-state index contributed by atoms with van der Waals surface area (Å²) in [7, 11) is -4.39. The average Bonchev–Trinajstić information content (AvgIpc) is 3.18. The number of hydrogen-bond acceptors (Lipinski definition) is 8. The first-order valence-electron chi connectivity index (χ1n) is 22.6. The van der Waals surface area contributed by atoms with Gasteiger partial charge < -0.3 is 20.1 Å². The van der Waals surface area contributed by atoms with Gasteiger partial charge >= 0.3 is 19.8 Å². The molecule has 0 bridgehead atoms. The molecule has 10 heteroatoms. The van der Waals surface area contributed by atoms with Crippen molar-refractivity contribution in [2.24, 2.45) is 5.73 Å². The van der Waals surface area contributed by atoms with Crippen molar-refractivity contribution < 1.29 is 37.6 Å². The third kappa shape index (κ3) is 41.6. The molecule has 2 unspecified atom stereocenters.